The smallest absolute Gasteiger partial charge is 0.401 e. The summed E-state index contributed by atoms with van der Waals surface area (Å²) >= 11 is 0. The maximum atomic E-state index is 12.6. The van der Waals surface area contributed by atoms with E-state index in [9.17, 15) is 18.0 Å². The van der Waals surface area contributed by atoms with E-state index in [0.29, 0.717) is 19.4 Å². The number of alkyl halides is 3. The van der Waals surface area contributed by atoms with E-state index in [2.05, 4.69) is 0 Å². The zero-order valence-electron chi connectivity index (χ0n) is 11.1. The second kappa shape index (κ2) is 5.44. The summed E-state index contributed by atoms with van der Waals surface area (Å²) in [7, 11) is 0. The number of carboxylic acids is 1. The van der Waals surface area contributed by atoms with Crippen LogP contribution < -0.4 is 0 Å². The van der Waals surface area contributed by atoms with E-state index in [0.717, 1.165) is 11.1 Å². The van der Waals surface area contributed by atoms with Gasteiger partial charge in [0.05, 0.1) is 12.1 Å². The number of fused-ring (bicyclic) bond motifs is 1. The molecule has 1 aliphatic rings. The maximum Gasteiger partial charge on any atom is 0.401 e. The predicted molar refractivity (Wildman–Crippen MR) is 67.8 cm³/mol. The number of halogens is 3. The van der Waals surface area contributed by atoms with Gasteiger partial charge in [0, 0.05) is 12.6 Å². The Morgan fingerprint density at radius 1 is 1.45 bits per heavy atom. The molecule has 0 bridgehead atoms. The summed E-state index contributed by atoms with van der Waals surface area (Å²) in [6, 6.07) is 4.38. The minimum Gasteiger partial charge on any atom is -0.478 e. The van der Waals surface area contributed by atoms with Gasteiger partial charge >= 0.3 is 12.1 Å². The molecular weight excluding hydrogens is 271 g/mol. The first-order chi connectivity index (χ1) is 9.31. The first-order valence-corrected chi connectivity index (χ1v) is 6.48. The Morgan fingerprint density at radius 3 is 2.70 bits per heavy atom. The third-order valence-corrected chi connectivity index (χ3v) is 3.63. The molecule has 1 N–H and O–H groups in total. The monoisotopic (exact) mass is 287 g/mol. The van der Waals surface area contributed by atoms with Crippen LogP contribution in [0.5, 0.6) is 0 Å². The van der Waals surface area contributed by atoms with Gasteiger partial charge in [-0.25, -0.2) is 4.79 Å². The lowest BCUT2D eigenvalue weighted by molar-refractivity contribution is -0.152. The highest BCUT2D eigenvalue weighted by atomic mass is 19.4. The van der Waals surface area contributed by atoms with Crippen molar-refractivity contribution in [2.75, 3.05) is 13.1 Å². The first kappa shape index (κ1) is 14.8. The molecule has 0 aliphatic carbocycles. The summed E-state index contributed by atoms with van der Waals surface area (Å²) in [5, 5.41) is 8.96. The average Bonchev–Trinajstić information content (AvgIpc) is 2.36. The van der Waals surface area contributed by atoms with Gasteiger partial charge in [0.25, 0.3) is 0 Å². The van der Waals surface area contributed by atoms with Crippen LogP contribution in [0.1, 0.15) is 40.9 Å². The van der Waals surface area contributed by atoms with Crippen molar-refractivity contribution in [3.8, 4) is 0 Å². The Hall–Kier alpha value is -1.56. The first-order valence-electron chi connectivity index (χ1n) is 6.48. The highest BCUT2D eigenvalue weighted by Gasteiger charge is 2.36. The molecule has 0 saturated heterocycles. The molecule has 1 unspecified atom stereocenters. The molecule has 0 aromatic heterocycles. The number of hydrogen-bond donors (Lipinski definition) is 1. The molecule has 1 aliphatic heterocycles. The van der Waals surface area contributed by atoms with Gasteiger partial charge in [0.1, 0.15) is 0 Å². The Kier molecular flexibility index (Phi) is 4.04. The minimum absolute atomic E-state index is 0.183. The van der Waals surface area contributed by atoms with E-state index in [-0.39, 0.29) is 11.6 Å². The Morgan fingerprint density at radius 2 is 2.15 bits per heavy atom. The van der Waals surface area contributed by atoms with Gasteiger partial charge in [-0.05, 0) is 36.1 Å². The molecular formula is C14H16F3NO2. The van der Waals surface area contributed by atoms with E-state index < -0.39 is 18.7 Å². The fourth-order valence-corrected chi connectivity index (χ4v) is 2.79. The lowest BCUT2D eigenvalue weighted by Crippen LogP contribution is -2.41. The second-order valence-corrected chi connectivity index (χ2v) is 4.98. The average molecular weight is 287 g/mol. The molecule has 1 heterocycles. The standard InChI is InChI=1S/C14H16F3NO2/c1-2-12-11-4-3-10(13(19)20)7-9(11)5-6-18(12)8-14(15,16)17/h3-4,7,12H,2,5-6,8H2,1H3,(H,19,20). The largest absolute Gasteiger partial charge is 0.478 e. The fraction of sp³-hybridized carbons (Fsp3) is 0.500. The summed E-state index contributed by atoms with van der Waals surface area (Å²) in [6.07, 6.45) is -3.20. The topological polar surface area (TPSA) is 40.5 Å². The number of nitrogens with zero attached hydrogens (tertiary/aromatic N) is 1. The molecule has 0 spiro atoms. The van der Waals surface area contributed by atoms with Crippen LogP contribution in [0.4, 0.5) is 13.2 Å². The zero-order chi connectivity index (χ0) is 14.9. The quantitative estimate of drug-likeness (QED) is 0.927. The SMILES string of the molecule is CCC1c2ccc(C(=O)O)cc2CCN1CC(F)(F)F. The van der Waals surface area contributed by atoms with Crippen LogP contribution in [0, 0.1) is 0 Å². The molecule has 110 valence electrons. The number of rotatable bonds is 3. The summed E-state index contributed by atoms with van der Waals surface area (Å²) < 4.78 is 37.7. The molecule has 2 rings (SSSR count). The third kappa shape index (κ3) is 3.12. The molecule has 6 heteroatoms. The molecule has 0 amide bonds. The van der Waals surface area contributed by atoms with E-state index in [1.165, 1.54) is 11.0 Å². The lowest BCUT2D eigenvalue weighted by Gasteiger charge is -2.37. The van der Waals surface area contributed by atoms with Crippen molar-refractivity contribution in [2.45, 2.75) is 32.0 Å². The van der Waals surface area contributed by atoms with Crippen LogP contribution in [0.15, 0.2) is 18.2 Å². The molecule has 1 aromatic carbocycles. The second-order valence-electron chi connectivity index (χ2n) is 4.98. The molecule has 3 nitrogen and oxygen atoms in total. The fourth-order valence-electron chi connectivity index (χ4n) is 2.79. The normalized spacial score (nSPS) is 19.7. The van der Waals surface area contributed by atoms with Crippen molar-refractivity contribution in [2.24, 2.45) is 0 Å². The van der Waals surface area contributed by atoms with Crippen molar-refractivity contribution < 1.29 is 23.1 Å². The van der Waals surface area contributed by atoms with Crippen LogP contribution in [0.2, 0.25) is 0 Å². The van der Waals surface area contributed by atoms with Crippen molar-refractivity contribution >= 4 is 5.97 Å². The van der Waals surface area contributed by atoms with E-state index in [1.54, 1.807) is 12.1 Å². The summed E-state index contributed by atoms with van der Waals surface area (Å²) in [5.74, 6) is -1.02. The van der Waals surface area contributed by atoms with Crippen molar-refractivity contribution in [1.82, 2.24) is 4.90 Å². The summed E-state index contributed by atoms with van der Waals surface area (Å²) in [6.45, 7) is 1.22. The van der Waals surface area contributed by atoms with E-state index >= 15 is 0 Å². The maximum absolute atomic E-state index is 12.6. The minimum atomic E-state index is -4.22. The van der Waals surface area contributed by atoms with E-state index in [1.807, 2.05) is 6.92 Å². The number of benzene rings is 1. The molecule has 20 heavy (non-hydrogen) atoms. The molecule has 0 saturated carbocycles. The highest BCUT2D eigenvalue weighted by Crippen LogP contribution is 2.34. The van der Waals surface area contributed by atoms with Crippen LogP contribution in [-0.4, -0.2) is 35.2 Å². The highest BCUT2D eigenvalue weighted by molar-refractivity contribution is 5.88. The van der Waals surface area contributed by atoms with Gasteiger partial charge in [0.15, 0.2) is 0 Å². The van der Waals surface area contributed by atoms with Gasteiger partial charge in [-0.1, -0.05) is 13.0 Å². The van der Waals surface area contributed by atoms with Crippen LogP contribution >= 0.6 is 0 Å². The van der Waals surface area contributed by atoms with Crippen LogP contribution in [0.3, 0.4) is 0 Å². The van der Waals surface area contributed by atoms with Gasteiger partial charge in [-0.2, -0.15) is 13.2 Å². The van der Waals surface area contributed by atoms with Crippen LogP contribution in [-0.2, 0) is 6.42 Å². The lowest BCUT2D eigenvalue weighted by atomic mass is 9.89. The van der Waals surface area contributed by atoms with Crippen molar-refractivity contribution in [3.63, 3.8) is 0 Å². The number of carboxylic acid groups (broad SMARTS) is 1. The van der Waals surface area contributed by atoms with Gasteiger partial charge in [-0.3, -0.25) is 4.90 Å². The molecule has 0 radical (unpaired) electrons. The molecule has 0 fully saturated rings. The van der Waals surface area contributed by atoms with Crippen molar-refractivity contribution in [1.29, 1.82) is 0 Å². The summed E-state index contributed by atoms with van der Waals surface area (Å²) in [5.41, 5.74) is 1.84. The predicted octanol–water partition coefficient (Wildman–Crippen LogP) is 3.26. The Balaban J connectivity index is 2.30. The Bertz CT molecular complexity index is 514. The Labute approximate surface area is 115 Å². The van der Waals surface area contributed by atoms with Crippen molar-refractivity contribution in [3.05, 3.63) is 34.9 Å². The number of hydrogen-bond acceptors (Lipinski definition) is 2. The third-order valence-electron chi connectivity index (χ3n) is 3.63. The number of carbonyl (C=O) groups is 1. The van der Waals surface area contributed by atoms with Gasteiger partial charge in [0.2, 0.25) is 0 Å². The molecule has 1 aromatic rings. The van der Waals surface area contributed by atoms with Gasteiger partial charge in [-0.15, -0.1) is 0 Å². The van der Waals surface area contributed by atoms with E-state index in [4.69, 9.17) is 5.11 Å². The zero-order valence-corrected chi connectivity index (χ0v) is 11.1. The number of aromatic carboxylic acids is 1. The molecule has 1 atom stereocenters. The van der Waals surface area contributed by atoms with Gasteiger partial charge < -0.3 is 5.11 Å². The summed E-state index contributed by atoms with van der Waals surface area (Å²) in [4.78, 5) is 12.4. The van der Waals surface area contributed by atoms with Crippen LogP contribution in [0.25, 0.3) is 0 Å².